The average molecular weight is 378 g/mol. The third-order valence-corrected chi connectivity index (χ3v) is 4.92. The molecule has 1 aromatic carbocycles. The van der Waals surface area contributed by atoms with Crippen LogP contribution in [0.3, 0.4) is 0 Å². The number of ether oxygens (including phenoxy) is 1. The summed E-state index contributed by atoms with van der Waals surface area (Å²) in [5.41, 5.74) is 7.32. The molecule has 1 amide bonds. The molecule has 0 unspecified atom stereocenters. The van der Waals surface area contributed by atoms with E-state index in [9.17, 15) is 9.90 Å². The Kier molecular flexibility index (Phi) is 8.19. The molecule has 1 aromatic rings. The lowest BCUT2D eigenvalue weighted by Crippen LogP contribution is -2.23. The van der Waals surface area contributed by atoms with Crippen LogP contribution in [0.1, 0.15) is 104 Å². The first-order chi connectivity index (χ1) is 12.4. The Balaban J connectivity index is 3.34. The van der Waals surface area contributed by atoms with E-state index in [1.807, 2.05) is 20.8 Å². The van der Waals surface area contributed by atoms with Crippen molar-refractivity contribution in [3.05, 3.63) is 22.8 Å². The standard InChI is InChI=1S/C23H39NO3/c1-8-9-10-11-12-13-14-16-18(27-21(24)26)15-17(22(2,3)4)20(25)19(16)23(5,6)7/h15,25H,8-14H2,1-7H3,(H2,24,26). The minimum Gasteiger partial charge on any atom is -0.507 e. The van der Waals surface area contributed by atoms with Crippen LogP contribution in [0, 0.1) is 0 Å². The van der Waals surface area contributed by atoms with Crippen LogP contribution in [-0.4, -0.2) is 11.2 Å². The van der Waals surface area contributed by atoms with Crippen LogP contribution in [0.4, 0.5) is 4.79 Å². The second-order valence-corrected chi connectivity index (χ2v) is 9.56. The van der Waals surface area contributed by atoms with Crippen LogP contribution in [-0.2, 0) is 17.3 Å². The number of carbonyl (C=O) groups excluding carboxylic acids is 1. The van der Waals surface area contributed by atoms with E-state index in [-0.39, 0.29) is 10.8 Å². The summed E-state index contributed by atoms with van der Waals surface area (Å²) in [7, 11) is 0. The van der Waals surface area contributed by atoms with E-state index < -0.39 is 6.09 Å². The minimum absolute atomic E-state index is 0.279. The largest absolute Gasteiger partial charge is 0.507 e. The monoisotopic (exact) mass is 377 g/mol. The molecule has 3 N–H and O–H groups in total. The number of hydrogen-bond acceptors (Lipinski definition) is 3. The molecule has 4 heteroatoms. The van der Waals surface area contributed by atoms with Crippen LogP contribution in [0.2, 0.25) is 0 Å². The number of benzene rings is 1. The summed E-state index contributed by atoms with van der Waals surface area (Å²) in [6.45, 7) is 14.6. The van der Waals surface area contributed by atoms with Gasteiger partial charge in [-0.3, -0.25) is 0 Å². The van der Waals surface area contributed by atoms with Gasteiger partial charge >= 0.3 is 6.09 Å². The van der Waals surface area contributed by atoms with Crippen molar-refractivity contribution in [2.24, 2.45) is 5.73 Å². The van der Waals surface area contributed by atoms with Gasteiger partial charge in [0.1, 0.15) is 11.5 Å². The highest BCUT2D eigenvalue weighted by Crippen LogP contribution is 2.45. The minimum atomic E-state index is -0.815. The molecule has 0 saturated heterocycles. The SMILES string of the molecule is CCCCCCCCc1c(OC(N)=O)cc(C(C)(C)C)c(O)c1C(C)(C)C. The van der Waals surface area contributed by atoms with Crippen molar-refractivity contribution in [3.63, 3.8) is 0 Å². The molecule has 1 rings (SSSR count). The van der Waals surface area contributed by atoms with Crippen molar-refractivity contribution < 1.29 is 14.6 Å². The van der Waals surface area contributed by atoms with Crippen molar-refractivity contribution in [2.75, 3.05) is 0 Å². The second kappa shape index (κ2) is 9.48. The molecule has 0 atom stereocenters. The molecule has 0 bridgehead atoms. The van der Waals surface area contributed by atoms with Crippen LogP contribution in [0.25, 0.3) is 0 Å². The van der Waals surface area contributed by atoms with Gasteiger partial charge in [-0.1, -0.05) is 80.6 Å². The van der Waals surface area contributed by atoms with Crippen LogP contribution >= 0.6 is 0 Å². The van der Waals surface area contributed by atoms with Crippen molar-refractivity contribution in [1.29, 1.82) is 0 Å². The van der Waals surface area contributed by atoms with E-state index in [0.29, 0.717) is 11.5 Å². The van der Waals surface area contributed by atoms with E-state index in [1.54, 1.807) is 6.07 Å². The fourth-order valence-corrected chi connectivity index (χ4v) is 3.60. The number of nitrogens with two attached hydrogens (primary N) is 1. The van der Waals surface area contributed by atoms with E-state index >= 15 is 0 Å². The Labute approximate surface area is 165 Å². The van der Waals surface area contributed by atoms with E-state index in [2.05, 4.69) is 27.7 Å². The number of phenolic OH excluding ortho intramolecular Hbond substituents is 1. The molecule has 27 heavy (non-hydrogen) atoms. The highest BCUT2D eigenvalue weighted by molar-refractivity contribution is 5.70. The number of amides is 1. The number of rotatable bonds is 8. The average Bonchev–Trinajstić information content (AvgIpc) is 2.49. The summed E-state index contributed by atoms with van der Waals surface area (Å²) < 4.78 is 5.40. The van der Waals surface area contributed by atoms with Gasteiger partial charge in [-0.05, 0) is 29.7 Å². The third kappa shape index (κ3) is 6.75. The zero-order chi connectivity index (χ0) is 20.8. The van der Waals surface area contributed by atoms with Crippen LogP contribution in [0.15, 0.2) is 6.07 Å². The van der Waals surface area contributed by atoms with Gasteiger partial charge in [0.2, 0.25) is 0 Å². The molecule has 4 nitrogen and oxygen atoms in total. The third-order valence-electron chi connectivity index (χ3n) is 4.92. The van der Waals surface area contributed by atoms with Gasteiger partial charge in [0, 0.05) is 16.7 Å². The summed E-state index contributed by atoms with van der Waals surface area (Å²) in [6, 6.07) is 1.79. The number of aromatic hydroxyl groups is 1. The Bertz CT molecular complexity index is 636. The van der Waals surface area contributed by atoms with Gasteiger partial charge in [-0.15, -0.1) is 0 Å². The normalized spacial score (nSPS) is 12.3. The molecule has 154 valence electrons. The Hall–Kier alpha value is -1.71. The number of primary amides is 1. The Morgan fingerprint density at radius 2 is 1.56 bits per heavy atom. The Morgan fingerprint density at radius 1 is 1.00 bits per heavy atom. The molecule has 0 aliphatic rings. The van der Waals surface area contributed by atoms with Crippen LogP contribution in [0.5, 0.6) is 11.5 Å². The fourth-order valence-electron chi connectivity index (χ4n) is 3.60. The first kappa shape index (κ1) is 23.3. The summed E-state index contributed by atoms with van der Waals surface area (Å²) in [5, 5.41) is 11.1. The predicted molar refractivity (Wildman–Crippen MR) is 113 cm³/mol. The quantitative estimate of drug-likeness (QED) is 0.519. The molecular weight excluding hydrogens is 338 g/mol. The lowest BCUT2D eigenvalue weighted by Gasteiger charge is -2.31. The first-order valence-electron chi connectivity index (χ1n) is 10.3. The summed E-state index contributed by atoms with van der Waals surface area (Å²) in [4.78, 5) is 11.5. The topological polar surface area (TPSA) is 72.5 Å². The van der Waals surface area contributed by atoms with Gasteiger partial charge in [-0.2, -0.15) is 0 Å². The molecule has 0 radical (unpaired) electrons. The van der Waals surface area contributed by atoms with Gasteiger partial charge in [0.25, 0.3) is 0 Å². The molecule has 0 heterocycles. The van der Waals surface area contributed by atoms with Gasteiger partial charge < -0.3 is 15.6 Å². The van der Waals surface area contributed by atoms with Crippen LogP contribution < -0.4 is 10.5 Å². The number of carbonyl (C=O) groups is 1. The second-order valence-electron chi connectivity index (χ2n) is 9.56. The number of hydrogen-bond donors (Lipinski definition) is 2. The molecule has 0 saturated carbocycles. The van der Waals surface area contributed by atoms with E-state index in [0.717, 1.165) is 36.0 Å². The number of unbranched alkanes of at least 4 members (excludes halogenated alkanes) is 5. The fraction of sp³-hybridized carbons (Fsp3) is 0.696. The molecule has 0 aliphatic heterocycles. The van der Waals surface area contributed by atoms with Crippen molar-refractivity contribution in [3.8, 4) is 11.5 Å². The van der Waals surface area contributed by atoms with Crippen molar-refractivity contribution >= 4 is 6.09 Å². The zero-order valence-electron chi connectivity index (χ0n) is 18.4. The predicted octanol–water partition coefficient (Wildman–Crippen LogP) is 6.35. The molecular formula is C23H39NO3. The summed E-state index contributed by atoms with van der Waals surface area (Å²) >= 11 is 0. The maximum atomic E-state index is 11.5. The highest BCUT2D eigenvalue weighted by Gasteiger charge is 2.31. The van der Waals surface area contributed by atoms with Crippen molar-refractivity contribution in [2.45, 2.75) is 104 Å². The van der Waals surface area contributed by atoms with Crippen molar-refractivity contribution in [1.82, 2.24) is 0 Å². The molecule has 0 fully saturated rings. The lowest BCUT2D eigenvalue weighted by atomic mass is 9.76. The number of phenols is 1. The van der Waals surface area contributed by atoms with E-state index in [4.69, 9.17) is 10.5 Å². The molecule has 0 spiro atoms. The summed E-state index contributed by atoms with van der Waals surface area (Å²) in [5.74, 6) is 0.802. The van der Waals surface area contributed by atoms with Gasteiger partial charge in [0.05, 0.1) is 0 Å². The maximum Gasteiger partial charge on any atom is 0.409 e. The molecule has 0 aromatic heterocycles. The first-order valence-corrected chi connectivity index (χ1v) is 10.3. The summed E-state index contributed by atoms with van der Waals surface area (Å²) in [6.07, 6.45) is 7.02. The van der Waals surface area contributed by atoms with Gasteiger partial charge in [-0.25, -0.2) is 4.79 Å². The maximum absolute atomic E-state index is 11.5. The lowest BCUT2D eigenvalue weighted by molar-refractivity contribution is 0.210. The zero-order valence-corrected chi connectivity index (χ0v) is 18.4. The van der Waals surface area contributed by atoms with Gasteiger partial charge in [0.15, 0.2) is 0 Å². The molecule has 0 aliphatic carbocycles. The highest BCUT2D eigenvalue weighted by atomic mass is 16.5. The Morgan fingerprint density at radius 3 is 2.04 bits per heavy atom. The van der Waals surface area contributed by atoms with E-state index in [1.165, 1.54) is 25.7 Å². The smallest absolute Gasteiger partial charge is 0.409 e.